The van der Waals surface area contributed by atoms with E-state index >= 15 is 4.39 Å². The SMILES string of the molecule is CCN1CCC(F)(C(OCCCCCCCCCC(CC)(CC)CC)C(F)(F)F)CC1. The summed E-state index contributed by atoms with van der Waals surface area (Å²) in [6.45, 7) is 10.3. The molecular formula is C25H47F4NO. The molecule has 0 aromatic carbocycles. The van der Waals surface area contributed by atoms with Crippen LogP contribution in [0, 0.1) is 5.41 Å². The van der Waals surface area contributed by atoms with Gasteiger partial charge < -0.3 is 9.64 Å². The van der Waals surface area contributed by atoms with Crippen molar-refractivity contribution < 1.29 is 22.3 Å². The molecule has 0 aliphatic carbocycles. The second-order valence-corrected chi connectivity index (χ2v) is 9.55. The topological polar surface area (TPSA) is 12.5 Å². The van der Waals surface area contributed by atoms with Gasteiger partial charge in [0.05, 0.1) is 0 Å². The average Bonchev–Trinajstić information content (AvgIpc) is 2.74. The minimum atomic E-state index is -4.66. The van der Waals surface area contributed by atoms with Crippen molar-refractivity contribution in [2.45, 2.75) is 129 Å². The lowest BCUT2D eigenvalue weighted by Crippen LogP contribution is -2.55. The molecule has 2 nitrogen and oxygen atoms in total. The predicted octanol–water partition coefficient (Wildman–Crippen LogP) is 8.10. The molecule has 0 aromatic heterocycles. The lowest BCUT2D eigenvalue weighted by molar-refractivity contribution is -0.264. The highest BCUT2D eigenvalue weighted by molar-refractivity contribution is 4.96. The first kappa shape index (κ1) is 28.7. The number of halogens is 4. The maximum Gasteiger partial charge on any atom is 0.417 e. The Balaban J connectivity index is 2.22. The summed E-state index contributed by atoms with van der Waals surface area (Å²) in [5.41, 5.74) is -1.79. The van der Waals surface area contributed by atoms with Gasteiger partial charge in [0.1, 0.15) is 5.67 Å². The third kappa shape index (κ3) is 9.57. The normalized spacial score (nSPS) is 19.0. The van der Waals surface area contributed by atoms with E-state index in [0.717, 1.165) is 25.8 Å². The Morgan fingerprint density at radius 2 is 1.29 bits per heavy atom. The molecule has 0 bridgehead atoms. The van der Waals surface area contributed by atoms with Gasteiger partial charge >= 0.3 is 6.18 Å². The summed E-state index contributed by atoms with van der Waals surface area (Å²) in [4.78, 5) is 1.98. The van der Waals surface area contributed by atoms with Gasteiger partial charge in [0.25, 0.3) is 0 Å². The summed E-state index contributed by atoms with van der Waals surface area (Å²) < 4.78 is 60.6. The van der Waals surface area contributed by atoms with Crippen LogP contribution in [0.4, 0.5) is 17.6 Å². The van der Waals surface area contributed by atoms with E-state index in [0.29, 0.717) is 24.9 Å². The van der Waals surface area contributed by atoms with E-state index in [1.165, 1.54) is 44.9 Å². The molecule has 1 aliphatic rings. The first-order valence-electron chi connectivity index (χ1n) is 12.8. The van der Waals surface area contributed by atoms with E-state index in [4.69, 9.17) is 4.74 Å². The standard InChI is InChI=1S/C25H47F4NO/c1-5-23(6-2,7-3)16-14-12-10-9-11-13-15-21-31-22(25(27,28)29)24(26)17-19-30(8-4)20-18-24/h22H,5-21H2,1-4H3. The first-order valence-corrected chi connectivity index (χ1v) is 12.8. The molecule has 186 valence electrons. The predicted molar refractivity (Wildman–Crippen MR) is 121 cm³/mol. The van der Waals surface area contributed by atoms with Gasteiger partial charge in [-0.1, -0.05) is 85.5 Å². The van der Waals surface area contributed by atoms with Crippen molar-refractivity contribution in [3.63, 3.8) is 0 Å². The molecule has 0 spiro atoms. The monoisotopic (exact) mass is 453 g/mol. The van der Waals surface area contributed by atoms with Crippen LogP contribution in [0.25, 0.3) is 0 Å². The molecule has 0 aromatic rings. The molecule has 0 saturated carbocycles. The largest absolute Gasteiger partial charge is 0.417 e. The zero-order valence-electron chi connectivity index (χ0n) is 20.5. The van der Waals surface area contributed by atoms with Crippen LogP contribution in [0.15, 0.2) is 0 Å². The maximum atomic E-state index is 15.1. The quantitative estimate of drug-likeness (QED) is 0.173. The number of unbranched alkanes of at least 4 members (excludes halogenated alkanes) is 6. The summed E-state index contributed by atoms with van der Waals surface area (Å²) in [5, 5.41) is 0. The molecule has 6 heteroatoms. The molecular weight excluding hydrogens is 406 g/mol. The molecule has 1 rings (SSSR count). The summed E-state index contributed by atoms with van der Waals surface area (Å²) in [6.07, 6.45) is 5.06. The third-order valence-corrected chi connectivity index (χ3v) is 7.79. The van der Waals surface area contributed by atoms with E-state index in [1.54, 1.807) is 0 Å². The van der Waals surface area contributed by atoms with Crippen molar-refractivity contribution >= 4 is 0 Å². The van der Waals surface area contributed by atoms with Gasteiger partial charge in [-0.2, -0.15) is 13.2 Å². The van der Waals surface area contributed by atoms with Crippen LogP contribution in [0.1, 0.15) is 111 Å². The molecule has 1 aliphatic heterocycles. The number of hydrogen-bond acceptors (Lipinski definition) is 2. The summed E-state index contributed by atoms with van der Waals surface area (Å²) in [7, 11) is 0. The van der Waals surface area contributed by atoms with Gasteiger partial charge in [0, 0.05) is 19.7 Å². The molecule has 0 amide bonds. The number of nitrogens with zero attached hydrogens (tertiary/aromatic N) is 1. The first-order chi connectivity index (χ1) is 14.7. The van der Waals surface area contributed by atoms with Gasteiger partial charge in [-0.15, -0.1) is 0 Å². The van der Waals surface area contributed by atoms with E-state index < -0.39 is 17.9 Å². The Morgan fingerprint density at radius 1 is 0.806 bits per heavy atom. The molecule has 1 fully saturated rings. The van der Waals surface area contributed by atoms with Crippen LogP contribution in [-0.2, 0) is 4.74 Å². The highest BCUT2D eigenvalue weighted by atomic mass is 19.4. The summed E-state index contributed by atoms with van der Waals surface area (Å²) in [5.74, 6) is 0. The number of ether oxygens (including phenoxy) is 1. The number of hydrogen-bond donors (Lipinski definition) is 0. The average molecular weight is 454 g/mol. The van der Waals surface area contributed by atoms with E-state index in [-0.39, 0.29) is 19.4 Å². The van der Waals surface area contributed by atoms with Crippen LogP contribution in [0.3, 0.4) is 0 Å². The number of likely N-dealkylation sites (tertiary alicyclic amines) is 1. The summed E-state index contributed by atoms with van der Waals surface area (Å²) >= 11 is 0. The van der Waals surface area contributed by atoms with E-state index in [9.17, 15) is 13.2 Å². The highest BCUT2D eigenvalue weighted by Gasteiger charge is 2.56. The molecule has 1 unspecified atom stereocenters. The van der Waals surface area contributed by atoms with E-state index in [2.05, 4.69) is 20.8 Å². The van der Waals surface area contributed by atoms with Crippen molar-refractivity contribution in [1.82, 2.24) is 4.90 Å². The number of alkyl halides is 4. The third-order valence-electron chi connectivity index (χ3n) is 7.79. The smallest absolute Gasteiger partial charge is 0.365 e. The fourth-order valence-electron chi connectivity index (χ4n) is 5.01. The van der Waals surface area contributed by atoms with Crippen LogP contribution in [0.5, 0.6) is 0 Å². The van der Waals surface area contributed by atoms with Crippen LogP contribution >= 0.6 is 0 Å². The van der Waals surface area contributed by atoms with Gasteiger partial charge in [0.2, 0.25) is 0 Å². The van der Waals surface area contributed by atoms with Crippen molar-refractivity contribution in [2.75, 3.05) is 26.2 Å². The molecule has 1 atom stereocenters. The van der Waals surface area contributed by atoms with E-state index in [1.807, 2.05) is 11.8 Å². The Labute approximate surface area is 188 Å². The van der Waals surface area contributed by atoms with Crippen molar-refractivity contribution in [3.8, 4) is 0 Å². The molecule has 1 saturated heterocycles. The van der Waals surface area contributed by atoms with Gasteiger partial charge in [-0.3, -0.25) is 0 Å². The molecule has 0 N–H and O–H groups in total. The van der Waals surface area contributed by atoms with Gasteiger partial charge in [-0.05, 0) is 37.6 Å². The van der Waals surface area contributed by atoms with Crippen LogP contribution < -0.4 is 0 Å². The Hall–Kier alpha value is -0.360. The molecule has 1 heterocycles. The fraction of sp³-hybridized carbons (Fsp3) is 1.00. The van der Waals surface area contributed by atoms with Crippen LogP contribution in [0.2, 0.25) is 0 Å². The minimum Gasteiger partial charge on any atom is -0.365 e. The zero-order valence-corrected chi connectivity index (χ0v) is 20.5. The number of rotatable bonds is 16. The van der Waals surface area contributed by atoms with Crippen molar-refractivity contribution in [2.24, 2.45) is 5.41 Å². The van der Waals surface area contributed by atoms with Crippen molar-refractivity contribution in [3.05, 3.63) is 0 Å². The van der Waals surface area contributed by atoms with Gasteiger partial charge in [0.15, 0.2) is 6.10 Å². The maximum absolute atomic E-state index is 15.1. The number of piperidine rings is 1. The van der Waals surface area contributed by atoms with Gasteiger partial charge in [-0.25, -0.2) is 4.39 Å². The Morgan fingerprint density at radius 3 is 1.74 bits per heavy atom. The zero-order chi connectivity index (χ0) is 23.4. The van der Waals surface area contributed by atoms with Crippen LogP contribution in [-0.4, -0.2) is 49.1 Å². The minimum absolute atomic E-state index is 0.0145. The van der Waals surface area contributed by atoms with Crippen molar-refractivity contribution in [1.29, 1.82) is 0 Å². The lowest BCUT2D eigenvalue weighted by atomic mass is 9.75. The lowest BCUT2D eigenvalue weighted by Gasteiger charge is -2.41. The second-order valence-electron chi connectivity index (χ2n) is 9.55. The Kier molecular flexibility index (Phi) is 13.0. The molecule has 31 heavy (non-hydrogen) atoms. The molecule has 0 radical (unpaired) electrons. The highest BCUT2D eigenvalue weighted by Crippen LogP contribution is 2.40. The Bertz CT molecular complexity index is 449. The second kappa shape index (κ2) is 14.0. The fourth-order valence-corrected chi connectivity index (χ4v) is 5.01. The summed E-state index contributed by atoms with van der Waals surface area (Å²) in [6, 6.07) is 0.